The average molecular weight is 425 g/mol. The summed E-state index contributed by atoms with van der Waals surface area (Å²) in [5.74, 6) is 0.922. The van der Waals surface area contributed by atoms with E-state index >= 15 is 0 Å². The third-order valence-corrected chi connectivity index (χ3v) is 5.94. The zero-order valence-corrected chi connectivity index (χ0v) is 16.4. The number of hydrogen-bond donors (Lipinski definition) is 2. The summed E-state index contributed by atoms with van der Waals surface area (Å²) in [6.07, 6.45) is 0.132. The molecule has 2 aliphatic rings. The number of carbonyl (C=O) groups is 1. The summed E-state index contributed by atoms with van der Waals surface area (Å²) in [7, 11) is 0. The molecule has 3 heterocycles. The second-order valence-electron chi connectivity index (χ2n) is 6.97. The predicted octanol–water partition coefficient (Wildman–Crippen LogP) is 3.40. The Morgan fingerprint density at radius 2 is 2.00 bits per heavy atom. The number of halogens is 1. The van der Waals surface area contributed by atoms with Gasteiger partial charge in [-0.3, -0.25) is 9.59 Å². The monoisotopic (exact) mass is 425 g/mol. The van der Waals surface area contributed by atoms with Gasteiger partial charge in [0.15, 0.2) is 16.7 Å². The lowest BCUT2D eigenvalue weighted by atomic mass is 9.86. The lowest BCUT2D eigenvalue weighted by Crippen LogP contribution is -2.31. The van der Waals surface area contributed by atoms with Crippen LogP contribution in [0.15, 0.2) is 52.4 Å². The van der Waals surface area contributed by atoms with Crippen LogP contribution in [0.4, 0.5) is 10.2 Å². The van der Waals surface area contributed by atoms with E-state index in [4.69, 9.17) is 9.47 Å². The number of hydrogen-bond acceptors (Lipinski definition) is 6. The number of nitrogens with zero attached hydrogens (tertiary/aromatic N) is 1. The van der Waals surface area contributed by atoms with Gasteiger partial charge in [0.05, 0.1) is 5.56 Å². The minimum atomic E-state index is -0.443. The number of carbonyl (C=O) groups excluding carboxylic acids is 1. The molecule has 1 amide bonds. The van der Waals surface area contributed by atoms with Gasteiger partial charge in [-0.05, 0) is 35.4 Å². The van der Waals surface area contributed by atoms with Crippen LogP contribution in [-0.2, 0) is 10.5 Å². The molecular weight excluding hydrogens is 409 g/mol. The molecule has 2 N–H and O–H groups in total. The second kappa shape index (κ2) is 7.49. The van der Waals surface area contributed by atoms with E-state index in [1.807, 2.05) is 6.07 Å². The first-order chi connectivity index (χ1) is 14.6. The van der Waals surface area contributed by atoms with E-state index in [0.29, 0.717) is 28.0 Å². The van der Waals surface area contributed by atoms with Gasteiger partial charge < -0.3 is 19.8 Å². The molecule has 0 fully saturated rings. The van der Waals surface area contributed by atoms with Crippen LogP contribution < -0.4 is 20.3 Å². The Balaban J connectivity index is 1.46. The van der Waals surface area contributed by atoms with Crippen LogP contribution in [-0.4, -0.2) is 22.7 Å². The van der Waals surface area contributed by atoms with Crippen molar-refractivity contribution >= 4 is 23.5 Å². The zero-order valence-electron chi connectivity index (χ0n) is 15.6. The number of rotatable bonds is 4. The number of nitrogens with one attached hydrogen (secondary N) is 2. The van der Waals surface area contributed by atoms with E-state index in [9.17, 15) is 14.0 Å². The van der Waals surface area contributed by atoms with Crippen molar-refractivity contribution in [2.75, 3.05) is 12.1 Å². The van der Waals surface area contributed by atoms with Crippen molar-refractivity contribution in [3.8, 4) is 11.5 Å². The summed E-state index contributed by atoms with van der Waals surface area (Å²) in [6, 6.07) is 11.6. The number of thioether (sulfide) groups is 1. The third-order valence-electron chi connectivity index (χ3n) is 4.99. The fourth-order valence-corrected chi connectivity index (χ4v) is 4.42. The lowest BCUT2D eigenvalue weighted by Gasteiger charge is -2.24. The first-order valence-corrected chi connectivity index (χ1v) is 10.3. The number of aromatic amines is 1. The molecule has 3 aromatic rings. The number of aromatic nitrogens is 2. The van der Waals surface area contributed by atoms with E-state index in [1.165, 1.54) is 23.9 Å². The highest BCUT2D eigenvalue weighted by molar-refractivity contribution is 7.98. The Morgan fingerprint density at radius 3 is 2.87 bits per heavy atom. The van der Waals surface area contributed by atoms with Crippen molar-refractivity contribution in [3.05, 3.63) is 75.3 Å². The minimum Gasteiger partial charge on any atom is -0.454 e. The predicted molar refractivity (Wildman–Crippen MR) is 108 cm³/mol. The minimum absolute atomic E-state index is 0.132. The van der Waals surface area contributed by atoms with Crippen molar-refractivity contribution < 1.29 is 18.7 Å². The highest BCUT2D eigenvalue weighted by Gasteiger charge is 2.32. The van der Waals surface area contributed by atoms with Crippen molar-refractivity contribution in [3.63, 3.8) is 0 Å². The van der Waals surface area contributed by atoms with Gasteiger partial charge in [-0.2, -0.15) is 0 Å². The van der Waals surface area contributed by atoms with Crippen LogP contribution in [0, 0.1) is 5.82 Å². The van der Waals surface area contributed by atoms with Crippen LogP contribution in [0.2, 0.25) is 0 Å². The van der Waals surface area contributed by atoms with E-state index in [1.54, 1.807) is 24.3 Å². The molecule has 0 spiro atoms. The summed E-state index contributed by atoms with van der Waals surface area (Å²) in [4.78, 5) is 32.4. The standard InChI is InChI=1S/C21H16FN3O4S/c22-13-3-1-2-11(6-13)9-30-21-24-19-18(20(27)25-21)14(8-17(26)23-19)12-4-5-15-16(7-12)29-10-28-15/h1-7,14H,8-10H2,(H2,23,24,25,26,27)/t14-/m1/s1. The van der Waals surface area contributed by atoms with E-state index in [-0.39, 0.29) is 36.3 Å². The molecule has 5 rings (SSSR count). The molecule has 2 aliphatic heterocycles. The van der Waals surface area contributed by atoms with Crippen molar-refractivity contribution in [2.45, 2.75) is 23.2 Å². The topological polar surface area (TPSA) is 93.3 Å². The molecule has 1 atom stereocenters. The van der Waals surface area contributed by atoms with Crippen molar-refractivity contribution in [1.82, 2.24) is 9.97 Å². The first-order valence-electron chi connectivity index (χ1n) is 9.27. The molecule has 7 nitrogen and oxygen atoms in total. The lowest BCUT2D eigenvalue weighted by molar-refractivity contribution is -0.116. The number of benzene rings is 2. The second-order valence-corrected chi connectivity index (χ2v) is 7.93. The fourth-order valence-electron chi connectivity index (χ4n) is 3.61. The fraction of sp³-hybridized carbons (Fsp3) is 0.190. The van der Waals surface area contributed by atoms with Crippen molar-refractivity contribution in [1.29, 1.82) is 0 Å². The SMILES string of the molecule is O=C1C[C@H](c2ccc3c(c2)OCO3)c2c(nc(SCc3cccc(F)c3)[nH]c2=O)N1. The first kappa shape index (κ1) is 18.7. The quantitative estimate of drug-likeness (QED) is 0.492. The van der Waals surface area contributed by atoms with Gasteiger partial charge in [0.2, 0.25) is 12.7 Å². The van der Waals surface area contributed by atoms with Gasteiger partial charge in [-0.25, -0.2) is 9.37 Å². The molecule has 0 saturated carbocycles. The molecule has 2 aromatic carbocycles. The highest BCUT2D eigenvalue weighted by atomic mass is 32.2. The zero-order chi connectivity index (χ0) is 20.7. The molecule has 0 bridgehead atoms. The molecule has 1 aromatic heterocycles. The van der Waals surface area contributed by atoms with E-state index < -0.39 is 5.92 Å². The maximum absolute atomic E-state index is 13.4. The summed E-state index contributed by atoms with van der Waals surface area (Å²) in [5.41, 5.74) is 1.64. The van der Waals surface area contributed by atoms with Gasteiger partial charge in [0.25, 0.3) is 5.56 Å². The number of anilines is 1. The van der Waals surface area contributed by atoms with Crippen LogP contribution >= 0.6 is 11.8 Å². The molecule has 0 saturated heterocycles. The number of amides is 1. The molecule has 9 heteroatoms. The van der Waals surface area contributed by atoms with Gasteiger partial charge >= 0.3 is 0 Å². The third kappa shape index (κ3) is 3.52. The maximum Gasteiger partial charge on any atom is 0.257 e. The molecule has 0 aliphatic carbocycles. The highest BCUT2D eigenvalue weighted by Crippen LogP contribution is 2.40. The molecule has 152 valence electrons. The maximum atomic E-state index is 13.4. The van der Waals surface area contributed by atoms with Crippen LogP contribution in [0.25, 0.3) is 0 Å². The molecule has 0 radical (unpaired) electrons. The number of H-pyrrole nitrogens is 1. The van der Waals surface area contributed by atoms with Crippen molar-refractivity contribution in [2.24, 2.45) is 0 Å². The van der Waals surface area contributed by atoms with Gasteiger partial charge in [-0.1, -0.05) is 30.0 Å². The largest absolute Gasteiger partial charge is 0.454 e. The Kier molecular flexibility index (Phi) is 4.66. The van der Waals surface area contributed by atoms with Crippen LogP contribution in [0.1, 0.15) is 29.0 Å². The normalized spacial score (nSPS) is 16.8. The van der Waals surface area contributed by atoms with Gasteiger partial charge in [0, 0.05) is 18.1 Å². The molecule has 30 heavy (non-hydrogen) atoms. The number of fused-ring (bicyclic) bond motifs is 2. The Bertz CT molecular complexity index is 1210. The summed E-state index contributed by atoms with van der Waals surface area (Å²) in [5, 5.41) is 3.06. The molecular formula is C21H16FN3O4S. The Labute approximate surface area is 174 Å². The summed E-state index contributed by atoms with van der Waals surface area (Å²) < 4.78 is 24.1. The Morgan fingerprint density at radius 1 is 1.13 bits per heavy atom. The smallest absolute Gasteiger partial charge is 0.257 e. The van der Waals surface area contributed by atoms with Gasteiger partial charge in [-0.15, -0.1) is 0 Å². The van der Waals surface area contributed by atoms with Crippen LogP contribution in [0.5, 0.6) is 11.5 Å². The van der Waals surface area contributed by atoms with E-state index in [0.717, 1.165) is 11.1 Å². The Hall–Kier alpha value is -3.33. The van der Waals surface area contributed by atoms with Gasteiger partial charge in [0.1, 0.15) is 11.6 Å². The number of ether oxygens (including phenoxy) is 2. The molecule has 0 unspecified atom stereocenters. The average Bonchev–Trinajstić information content (AvgIpc) is 3.19. The summed E-state index contributed by atoms with van der Waals surface area (Å²) >= 11 is 1.26. The van der Waals surface area contributed by atoms with E-state index in [2.05, 4.69) is 15.3 Å². The van der Waals surface area contributed by atoms with Crippen LogP contribution in [0.3, 0.4) is 0 Å². The summed E-state index contributed by atoms with van der Waals surface area (Å²) in [6.45, 7) is 0.147.